The van der Waals surface area contributed by atoms with Crippen LogP contribution in [0.1, 0.15) is 37.7 Å². The van der Waals surface area contributed by atoms with Crippen LogP contribution in [0.5, 0.6) is 5.75 Å². The zero-order valence-corrected chi connectivity index (χ0v) is 26.1. The van der Waals surface area contributed by atoms with E-state index in [2.05, 4.69) is 21.5 Å². The lowest BCUT2D eigenvalue weighted by Gasteiger charge is -2.40. The number of phenols is 1. The molecule has 4 heterocycles. The maximum absolute atomic E-state index is 16.1. The Kier molecular flexibility index (Phi) is 7.86. The molecule has 0 unspecified atom stereocenters. The summed E-state index contributed by atoms with van der Waals surface area (Å²) in [5.41, 5.74) is -0.716. The number of hydrogen-bond acceptors (Lipinski definition) is 9. The van der Waals surface area contributed by atoms with Crippen molar-refractivity contribution in [3.8, 4) is 22.7 Å². The van der Waals surface area contributed by atoms with Crippen LogP contribution in [0.25, 0.3) is 28.0 Å². The van der Waals surface area contributed by atoms with Gasteiger partial charge in [0.05, 0.1) is 21.7 Å². The molecule has 2 aliphatic rings. The molecule has 11 nitrogen and oxygen atoms in total. The summed E-state index contributed by atoms with van der Waals surface area (Å²) >= 11 is 6.39. The number of nitrogens with zero attached hydrogens (tertiary/aromatic N) is 6. The van der Waals surface area contributed by atoms with Gasteiger partial charge in [0.15, 0.2) is 21.3 Å². The number of fused-ring (bicyclic) bond motifs is 1. The van der Waals surface area contributed by atoms with Crippen molar-refractivity contribution < 1.29 is 22.7 Å². The highest BCUT2D eigenvalue weighted by Gasteiger charge is 2.33. The van der Waals surface area contributed by atoms with E-state index in [0.29, 0.717) is 18.7 Å². The monoisotopic (exact) mass is 652 g/mol. The van der Waals surface area contributed by atoms with Gasteiger partial charge in [-0.15, -0.1) is 0 Å². The highest BCUT2D eigenvalue weighted by Crippen LogP contribution is 2.42. The Morgan fingerprint density at radius 2 is 1.96 bits per heavy atom. The largest absolute Gasteiger partial charge is 0.507 e. The van der Waals surface area contributed by atoms with E-state index in [-0.39, 0.29) is 73.9 Å². The number of amides is 1. The van der Waals surface area contributed by atoms with Crippen LogP contribution in [0.3, 0.4) is 0 Å². The van der Waals surface area contributed by atoms with E-state index in [1.807, 2.05) is 6.92 Å². The fourth-order valence-electron chi connectivity index (χ4n) is 6.03. The predicted octanol–water partition coefficient (Wildman–Crippen LogP) is 4.23. The minimum Gasteiger partial charge on any atom is -0.507 e. The van der Waals surface area contributed by atoms with Crippen LogP contribution in [0.4, 0.5) is 10.2 Å². The van der Waals surface area contributed by atoms with Crippen molar-refractivity contribution in [3.05, 3.63) is 76.2 Å². The molecule has 234 valence electrons. The number of hydrogen-bond donors (Lipinski definition) is 1. The van der Waals surface area contributed by atoms with Crippen molar-refractivity contribution in [2.45, 2.75) is 43.0 Å². The molecular formula is C31H30ClFN6O5S. The van der Waals surface area contributed by atoms with Crippen LogP contribution in [0.15, 0.2) is 59.0 Å². The Hall–Kier alpha value is -4.36. The summed E-state index contributed by atoms with van der Waals surface area (Å²) in [4.78, 5) is 42.9. The number of pyridine rings is 2. The molecule has 6 rings (SSSR count). The molecule has 1 amide bonds. The molecule has 1 saturated heterocycles. The molecule has 0 spiro atoms. The maximum atomic E-state index is 16.1. The van der Waals surface area contributed by atoms with E-state index >= 15 is 4.39 Å². The normalized spacial score (nSPS) is 17.4. The van der Waals surface area contributed by atoms with Crippen molar-refractivity contribution >= 4 is 44.2 Å². The summed E-state index contributed by atoms with van der Waals surface area (Å²) in [6.45, 7) is 6.28. The number of anilines is 1. The SMILES string of the molecule is C=CC(=O)N1CCN(c2nc(=O)n(-c3c(C4CCC4)cncc3S(C)(=O)=O)c3nc(-c4c(O)cccc4Cl)c(F)cc23)[C@@H](C)C1. The maximum Gasteiger partial charge on any atom is 0.355 e. The van der Waals surface area contributed by atoms with Crippen molar-refractivity contribution in [2.24, 2.45) is 0 Å². The third-order valence-electron chi connectivity index (χ3n) is 8.50. The summed E-state index contributed by atoms with van der Waals surface area (Å²) in [6, 6.07) is 5.13. The first-order chi connectivity index (χ1) is 21.4. The highest BCUT2D eigenvalue weighted by atomic mass is 35.5. The smallest absolute Gasteiger partial charge is 0.355 e. The first kappa shape index (κ1) is 30.7. The second kappa shape index (κ2) is 11.5. The topological polar surface area (TPSA) is 139 Å². The van der Waals surface area contributed by atoms with Crippen LogP contribution in [0, 0.1) is 5.82 Å². The van der Waals surface area contributed by atoms with Crippen molar-refractivity contribution in [3.63, 3.8) is 0 Å². The molecule has 4 aromatic rings. The van der Waals surface area contributed by atoms with Gasteiger partial charge in [0.1, 0.15) is 22.2 Å². The summed E-state index contributed by atoms with van der Waals surface area (Å²) in [6.07, 6.45) is 7.45. The van der Waals surface area contributed by atoms with Crippen molar-refractivity contribution in [1.29, 1.82) is 0 Å². The van der Waals surface area contributed by atoms with E-state index in [9.17, 15) is 23.1 Å². The molecule has 1 N–H and O–H groups in total. The summed E-state index contributed by atoms with van der Waals surface area (Å²) < 4.78 is 43.4. The van der Waals surface area contributed by atoms with E-state index in [1.165, 1.54) is 30.5 Å². The summed E-state index contributed by atoms with van der Waals surface area (Å²) in [5, 5.41) is 10.8. The van der Waals surface area contributed by atoms with Gasteiger partial charge in [-0.2, -0.15) is 4.98 Å². The number of halogens is 2. The molecule has 1 aliphatic heterocycles. The number of rotatable bonds is 6. The van der Waals surface area contributed by atoms with Crippen molar-refractivity contribution in [2.75, 3.05) is 30.8 Å². The third-order valence-corrected chi connectivity index (χ3v) is 9.91. The first-order valence-corrected chi connectivity index (χ1v) is 16.6. The van der Waals surface area contributed by atoms with Gasteiger partial charge in [-0.1, -0.05) is 30.7 Å². The molecule has 2 fully saturated rings. The number of benzene rings is 1. The van der Waals surface area contributed by atoms with Gasteiger partial charge in [0.2, 0.25) is 5.91 Å². The van der Waals surface area contributed by atoms with Gasteiger partial charge in [0, 0.05) is 44.3 Å². The van der Waals surface area contributed by atoms with Crippen LogP contribution in [-0.2, 0) is 14.6 Å². The van der Waals surface area contributed by atoms with Gasteiger partial charge in [0.25, 0.3) is 0 Å². The first-order valence-electron chi connectivity index (χ1n) is 14.4. The lowest BCUT2D eigenvalue weighted by Crippen LogP contribution is -2.54. The van der Waals surface area contributed by atoms with Crippen LogP contribution < -0.4 is 10.6 Å². The van der Waals surface area contributed by atoms with Crippen LogP contribution in [0.2, 0.25) is 5.02 Å². The standard InChI is InChI=1S/C31H30ClFN6O5S/c1-4-25(41)37-11-12-38(17(2)16-37)29-19-13-22(33)27(26-21(32)9-6-10-23(26)40)35-30(19)39(31(42)36-29)28-20(18-7-5-8-18)14-34-15-24(28)45(3,43)44/h4,6,9-10,13-15,17-18,40H,1,5,7-8,11-12,16H2,2-3H3/t17-/m0/s1. The number of carbonyl (C=O) groups excluding carboxylic acids is 1. The Labute approximate surface area is 263 Å². The zero-order valence-electron chi connectivity index (χ0n) is 24.6. The number of sulfone groups is 1. The molecule has 14 heteroatoms. The molecule has 1 aliphatic carbocycles. The average molecular weight is 653 g/mol. The molecule has 3 aromatic heterocycles. The van der Waals surface area contributed by atoms with E-state index in [1.54, 1.807) is 16.0 Å². The van der Waals surface area contributed by atoms with E-state index < -0.39 is 21.3 Å². The Morgan fingerprint density at radius 1 is 1.20 bits per heavy atom. The van der Waals surface area contributed by atoms with Crippen LogP contribution in [-0.4, -0.2) is 75.8 Å². The third kappa shape index (κ3) is 5.33. The molecule has 1 aromatic carbocycles. The lowest BCUT2D eigenvalue weighted by atomic mass is 9.80. The molecular weight excluding hydrogens is 623 g/mol. The number of aromatic nitrogens is 4. The molecule has 0 bridgehead atoms. The fraction of sp³-hybridized carbons (Fsp3) is 0.323. The van der Waals surface area contributed by atoms with Crippen LogP contribution >= 0.6 is 11.6 Å². The number of piperazine rings is 1. The van der Waals surface area contributed by atoms with Gasteiger partial charge in [-0.05, 0) is 55.5 Å². The number of carbonyl (C=O) groups is 1. The Balaban J connectivity index is 1.69. The minimum atomic E-state index is -3.92. The lowest BCUT2D eigenvalue weighted by molar-refractivity contribution is -0.126. The second-order valence-corrected chi connectivity index (χ2v) is 13.8. The van der Waals surface area contributed by atoms with Gasteiger partial charge < -0.3 is 14.9 Å². The van der Waals surface area contributed by atoms with Crippen molar-refractivity contribution in [1.82, 2.24) is 24.4 Å². The summed E-state index contributed by atoms with van der Waals surface area (Å²) in [5.74, 6) is -1.33. The zero-order chi connectivity index (χ0) is 32.2. The van der Waals surface area contributed by atoms with E-state index in [0.717, 1.165) is 36.2 Å². The van der Waals surface area contributed by atoms with Gasteiger partial charge in [-0.3, -0.25) is 9.78 Å². The molecule has 0 radical (unpaired) electrons. The second-order valence-electron chi connectivity index (χ2n) is 11.4. The number of aromatic hydroxyl groups is 1. The minimum absolute atomic E-state index is 0.0245. The Bertz CT molecular complexity index is 2030. The molecule has 1 saturated carbocycles. The molecule has 45 heavy (non-hydrogen) atoms. The average Bonchev–Trinajstić information content (AvgIpc) is 2.96. The fourth-order valence-corrected chi connectivity index (χ4v) is 7.10. The quantitative estimate of drug-likeness (QED) is 0.303. The van der Waals surface area contributed by atoms with Gasteiger partial charge in [-0.25, -0.2) is 27.2 Å². The van der Waals surface area contributed by atoms with Gasteiger partial charge >= 0.3 is 5.69 Å². The van der Waals surface area contributed by atoms with E-state index in [4.69, 9.17) is 11.6 Å². The molecule has 1 atom stereocenters. The predicted molar refractivity (Wildman–Crippen MR) is 168 cm³/mol. The number of phenolic OH excluding ortho intramolecular Hbond substituents is 1. The summed E-state index contributed by atoms with van der Waals surface area (Å²) in [7, 11) is -3.92. The Morgan fingerprint density at radius 3 is 2.58 bits per heavy atom. The highest BCUT2D eigenvalue weighted by molar-refractivity contribution is 7.90.